The lowest BCUT2D eigenvalue weighted by Crippen LogP contribution is -2.10. The lowest BCUT2D eigenvalue weighted by atomic mass is 10.1. The van der Waals surface area contributed by atoms with Gasteiger partial charge in [0.1, 0.15) is 5.57 Å². The number of hydrogen-bond acceptors (Lipinski definition) is 2. The van der Waals surface area contributed by atoms with Gasteiger partial charge in [-0.25, -0.2) is 9.59 Å². The summed E-state index contributed by atoms with van der Waals surface area (Å²) in [6, 6.07) is 0. The Balaban J connectivity index is 3.53. The maximum absolute atomic E-state index is 10.6. The van der Waals surface area contributed by atoms with Crippen LogP contribution in [0.3, 0.4) is 0 Å². The Kier molecular flexibility index (Phi) is 13.3. The van der Waals surface area contributed by atoms with Crippen molar-refractivity contribution in [1.29, 1.82) is 0 Å². The van der Waals surface area contributed by atoms with Crippen molar-refractivity contribution >= 4 is 11.9 Å². The summed E-state index contributed by atoms with van der Waals surface area (Å²) in [6.45, 7) is 2.23. The van der Waals surface area contributed by atoms with Crippen LogP contribution in [-0.4, -0.2) is 22.2 Å². The quantitative estimate of drug-likeness (QED) is 0.156. The molecule has 4 nitrogen and oxygen atoms in total. The first-order valence-corrected chi connectivity index (χ1v) is 8.43. The summed E-state index contributed by atoms with van der Waals surface area (Å²) in [6.07, 6.45) is 18.2. The molecule has 4 heteroatoms. The van der Waals surface area contributed by atoms with Crippen LogP contribution in [0.2, 0.25) is 0 Å². The standard InChI is InChI=1S/C18H30O4/c1-2-3-4-5-6-7-8-9-10-11-12-13-14-15-16(17(19)20)18(21)22/h13-15H,2-12H2,1H3,(H,19,20)(H,21,22). The fourth-order valence-electron chi connectivity index (χ4n) is 2.24. The van der Waals surface area contributed by atoms with Gasteiger partial charge in [0, 0.05) is 0 Å². The third kappa shape index (κ3) is 12.2. The normalized spacial score (nSPS) is 10.8. The summed E-state index contributed by atoms with van der Waals surface area (Å²) in [5, 5.41) is 17.3. The molecule has 126 valence electrons. The highest BCUT2D eigenvalue weighted by atomic mass is 16.4. The largest absolute Gasteiger partial charge is 0.477 e. The van der Waals surface area contributed by atoms with Crippen LogP contribution in [-0.2, 0) is 9.59 Å². The molecule has 0 atom stereocenters. The Hall–Kier alpha value is -1.58. The Morgan fingerprint density at radius 2 is 1.23 bits per heavy atom. The van der Waals surface area contributed by atoms with Crippen molar-refractivity contribution in [3.8, 4) is 0 Å². The molecule has 0 aliphatic heterocycles. The Morgan fingerprint density at radius 1 is 0.773 bits per heavy atom. The topological polar surface area (TPSA) is 74.6 Å². The summed E-state index contributed by atoms with van der Waals surface area (Å²) in [4.78, 5) is 21.2. The summed E-state index contributed by atoms with van der Waals surface area (Å²) in [5.41, 5.74) is -0.598. The highest BCUT2D eigenvalue weighted by Gasteiger charge is 2.13. The zero-order valence-corrected chi connectivity index (χ0v) is 13.7. The molecule has 0 aromatic rings. The fraction of sp³-hybridized carbons (Fsp3) is 0.667. The van der Waals surface area contributed by atoms with Crippen LogP contribution >= 0.6 is 0 Å². The SMILES string of the molecule is CCCCCCCCCCCCC=CC=C(C(=O)O)C(=O)O. The first-order valence-electron chi connectivity index (χ1n) is 8.43. The van der Waals surface area contributed by atoms with Crippen molar-refractivity contribution in [2.45, 2.75) is 77.6 Å². The van der Waals surface area contributed by atoms with E-state index < -0.39 is 17.5 Å². The van der Waals surface area contributed by atoms with Crippen LogP contribution in [0.15, 0.2) is 23.8 Å². The number of aliphatic carboxylic acids is 2. The van der Waals surface area contributed by atoms with Crippen molar-refractivity contribution in [1.82, 2.24) is 0 Å². The summed E-state index contributed by atoms with van der Waals surface area (Å²) < 4.78 is 0. The van der Waals surface area contributed by atoms with Crippen LogP contribution in [0.1, 0.15) is 77.6 Å². The van der Waals surface area contributed by atoms with Gasteiger partial charge in [-0.2, -0.15) is 0 Å². The molecule has 0 bridgehead atoms. The van der Waals surface area contributed by atoms with E-state index >= 15 is 0 Å². The summed E-state index contributed by atoms with van der Waals surface area (Å²) in [7, 11) is 0. The zero-order chi connectivity index (χ0) is 16.6. The summed E-state index contributed by atoms with van der Waals surface area (Å²) >= 11 is 0. The van der Waals surface area contributed by atoms with Crippen LogP contribution in [0.25, 0.3) is 0 Å². The summed E-state index contributed by atoms with van der Waals surface area (Å²) in [5.74, 6) is -2.81. The molecule has 0 radical (unpaired) electrons. The molecule has 0 heterocycles. The Morgan fingerprint density at radius 3 is 1.68 bits per heavy atom. The Bertz CT molecular complexity index is 353. The molecule has 0 saturated heterocycles. The van der Waals surface area contributed by atoms with Crippen molar-refractivity contribution in [2.24, 2.45) is 0 Å². The third-order valence-corrected chi connectivity index (χ3v) is 3.58. The van der Waals surface area contributed by atoms with Crippen molar-refractivity contribution in [3.63, 3.8) is 0 Å². The monoisotopic (exact) mass is 310 g/mol. The molecule has 0 fully saturated rings. The van der Waals surface area contributed by atoms with Crippen molar-refractivity contribution in [2.75, 3.05) is 0 Å². The number of carbonyl (C=O) groups is 2. The lowest BCUT2D eigenvalue weighted by molar-refractivity contribution is -0.140. The maximum Gasteiger partial charge on any atom is 0.343 e. The second-order valence-electron chi connectivity index (χ2n) is 5.59. The maximum atomic E-state index is 10.6. The molecule has 0 amide bonds. The first kappa shape index (κ1) is 20.4. The molecule has 0 rings (SSSR count). The van der Waals surface area contributed by atoms with Gasteiger partial charge in [0.2, 0.25) is 0 Å². The third-order valence-electron chi connectivity index (χ3n) is 3.58. The second kappa shape index (κ2) is 14.4. The molecular formula is C18H30O4. The minimum Gasteiger partial charge on any atom is -0.477 e. The van der Waals surface area contributed by atoms with E-state index in [9.17, 15) is 9.59 Å². The predicted molar refractivity (Wildman–Crippen MR) is 89.0 cm³/mol. The van der Waals surface area contributed by atoms with Gasteiger partial charge < -0.3 is 10.2 Å². The molecule has 0 spiro atoms. The van der Waals surface area contributed by atoms with E-state index in [-0.39, 0.29) is 0 Å². The molecule has 0 unspecified atom stereocenters. The lowest BCUT2D eigenvalue weighted by Gasteiger charge is -2.01. The molecule has 0 saturated carbocycles. The molecule has 0 aromatic carbocycles. The van der Waals surface area contributed by atoms with Gasteiger partial charge >= 0.3 is 11.9 Å². The smallest absolute Gasteiger partial charge is 0.343 e. The van der Waals surface area contributed by atoms with Gasteiger partial charge in [-0.05, 0) is 18.9 Å². The molecule has 0 aliphatic rings. The highest BCUT2D eigenvalue weighted by molar-refractivity contribution is 6.12. The Labute approximate surface area is 133 Å². The number of unbranched alkanes of at least 4 members (excludes halogenated alkanes) is 10. The van der Waals surface area contributed by atoms with Crippen molar-refractivity contribution < 1.29 is 19.8 Å². The first-order chi connectivity index (χ1) is 10.6. The molecule has 0 aromatic heterocycles. The van der Waals surface area contributed by atoms with E-state index in [1.54, 1.807) is 0 Å². The predicted octanol–water partition coefficient (Wildman–Crippen LogP) is 4.95. The van der Waals surface area contributed by atoms with Crippen LogP contribution in [0.5, 0.6) is 0 Å². The number of allylic oxidation sites excluding steroid dienone is 3. The minimum atomic E-state index is -1.41. The second-order valence-corrected chi connectivity index (χ2v) is 5.59. The average Bonchev–Trinajstić information content (AvgIpc) is 2.46. The van der Waals surface area contributed by atoms with E-state index in [0.29, 0.717) is 0 Å². The van der Waals surface area contributed by atoms with Gasteiger partial charge in [0.15, 0.2) is 0 Å². The highest BCUT2D eigenvalue weighted by Crippen LogP contribution is 2.11. The molecule has 0 aliphatic carbocycles. The number of carboxylic acids is 2. The van der Waals surface area contributed by atoms with E-state index in [4.69, 9.17) is 10.2 Å². The number of rotatable bonds is 14. The van der Waals surface area contributed by atoms with Crippen molar-refractivity contribution in [3.05, 3.63) is 23.8 Å². The van der Waals surface area contributed by atoms with Gasteiger partial charge in [-0.15, -0.1) is 0 Å². The number of carboxylic acid groups (broad SMARTS) is 2. The van der Waals surface area contributed by atoms with Gasteiger partial charge in [-0.1, -0.05) is 76.9 Å². The van der Waals surface area contributed by atoms with Gasteiger partial charge in [-0.3, -0.25) is 0 Å². The van der Waals surface area contributed by atoms with E-state index in [2.05, 4.69) is 6.92 Å². The van der Waals surface area contributed by atoms with Crippen LogP contribution in [0.4, 0.5) is 0 Å². The molecule has 22 heavy (non-hydrogen) atoms. The zero-order valence-electron chi connectivity index (χ0n) is 13.7. The minimum absolute atomic E-state index is 0.598. The van der Waals surface area contributed by atoms with Gasteiger partial charge in [0.05, 0.1) is 0 Å². The fourth-order valence-corrected chi connectivity index (χ4v) is 2.24. The molecular weight excluding hydrogens is 280 g/mol. The van der Waals surface area contributed by atoms with E-state index in [1.807, 2.05) is 6.08 Å². The van der Waals surface area contributed by atoms with E-state index in [1.165, 1.54) is 63.9 Å². The van der Waals surface area contributed by atoms with Crippen LogP contribution < -0.4 is 0 Å². The van der Waals surface area contributed by atoms with Gasteiger partial charge in [0.25, 0.3) is 0 Å². The average molecular weight is 310 g/mol. The number of hydrogen-bond donors (Lipinski definition) is 2. The molecule has 2 N–H and O–H groups in total. The van der Waals surface area contributed by atoms with E-state index in [0.717, 1.165) is 18.9 Å². The van der Waals surface area contributed by atoms with Crippen LogP contribution in [0, 0.1) is 0 Å².